The van der Waals surface area contributed by atoms with E-state index in [-0.39, 0.29) is 24.3 Å². The van der Waals surface area contributed by atoms with Crippen LogP contribution in [-0.4, -0.2) is 24.3 Å². The van der Waals surface area contributed by atoms with Gasteiger partial charge in [-0.1, -0.05) is 46.3 Å². The number of amides is 3. The molecule has 0 saturated heterocycles. The Hall–Kier alpha value is -2.87. The Morgan fingerprint density at radius 1 is 0.964 bits per heavy atom. The van der Waals surface area contributed by atoms with E-state index in [0.717, 1.165) is 5.56 Å². The van der Waals surface area contributed by atoms with Gasteiger partial charge in [-0.15, -0.1) is 0 Å². The SMILES string of the molecule is CCOc1ccc(Br)cc1C(=O)NNC(=O)CCC(=O)NCc1ccccc1. The molecule has 28 heavy (non-hydrogen) atoms. The number of hydrogen-bond acceptors (Lipinski definition) is 4. The summed E-state index contributed by atoms with van der Waals surface area (Å²) in [6, 6.07) is 14.5. The maximum atomic E-state index is 12.3. The molecule has 0 saturated carbocycles. The molecule has 0 spiro atoms. The molecule has 3 amide bonds. The van der Waals surface area contributed by atoms with Crippen LogP contribution in [0.1, 0.15) is 35.7 Å². The minimum atomic E-state index is -0.508. The molecule has 0 unspecified atom stereocenters. The molecule has 2 aromatic rings. The van der Waals surface area contributed by atoms with E-state index in [1.807, 2.05) is 37.3 Å². The summed E-state index contributed by atoms with van der Waals surface area (Å²) in [6.45, 7) is 2.63. The van der Waals surface area contributed by atoms with E-state index in [1.165, 1.54) is 0 Å². The largest absolute Gasteiger partial charge is 0.493 e. The minimum absolute atomic E-state index is 0.0234. The standard InChI is InChI=1S/C20H22BrN3O4/c1-2-28-17-9-8-15(21)12-16(17)20(27)24-23-19(26)11-10-18(25)22-13-14-6-4-3-5-7-14/h3-9,12H,2,10-11,13H2,1H3,(H,22,25)(H,23,26)(H,24,27). The van der Waals surface area contributed by atoms with Gasteiger partial charge in [0.25, 0.3) is 5.91 Å². The van der Waals surface area contributed by atoms with Gasteiger partial charge in [0.05, 0.1) is 12.2 Å². The highest BCUT2D eigenvalue weighted by molar-refractivity contribution is 9.10. The molecule has 0 radical (unpaired) electrons. The van der Waals surface area contributed by atoms with Gasteiger partial charge in [0.1, 0.15) is 5.75 Å². The topological polar surface area (TPSA) is 96.5 Å². The van der Waals surface area contributed by atoms with Gasteiger partial charge in [0, 0.05) is 23.9 Å². The minimum Gasteiger partial charge on any atom is -0.493 e. The second-order valence-corrected chi connectivity index (χ2v) is 6.75. The molecule has 0 fully saturated rings. The molecule has 0 aromatic heterocycles. The monoisotopic (exact) mass is 447 g/mol. The lowest BCUT2D eigenvalue weighted by molar-refractivity contribution is -0.126. The lowest BCUT2D eigenvalue weighted by Crippen LogP contribution is -2.42. The fraction of sp³-hybridized carbons (Fsp3) is 0.250. The Balaban J connectivity index is 1.75. The summed E-state index contributed by atoms with van der Waals surface area (Å²) in [5, 5.41) is 2.74. The zero-order chi connectivity index (χ0) is 20.4. The molecule has 0 aliphatic heterocycles. The van der Waals surface area contributed by atoms with Crippen LogP contribution in [0.3, 0.4) is 0 Å². The number of nitrogens with one attached hydrogen (secondary N) is 3. The highest BCUT2D eigenvalue weighted by Crippen LogP contribution is 2.23. The van der Waals surface area contributed by atoms with E-state index >= 15 is 0 Å². The third-order valence-corrected chi connectivity index (χ3v) is 4.21. The highest BCUT2D eigenvalue weighted by atomic mass is 79.9. The predicted molar refractivity (Wildman–Crippen MR) is 108 cm³/mol. The van der Waals surface area contributed by atoms with Crippen molar-refractivity contribution in [2.75, 3.05) is 6.61 Å². The second-order valence-electron chi connectivity index (χ2n) is 5.84. The Bertz CT molecular complexity index is 827. The smallest absolute Gasteiger partial charge is 0.273 e. The van der Waals surface area contributed by atoms with Crippen molar-refractivity contribution in [3.63, 3.8) is 0 Å². The van der Waals surface area contributed by atoms with Crippen molar-refractivity contribution in [1.29, 1.82) is 0 Å². The molecule has 8 heteroatoms. The summed E-state index contributed by atoms with van der Waals surface area (Å²) < 4.78 is 6.13. The van der Waals surface area contributed by atoms with Crippen LogP contribution in [0.4, 0.5) is 0 Å². The maximum Gasteiger partial charge on any atom is 0.273 e. The van der Waals surface area contributed by atoms with E-state index in [1.54, 1.807) is 18.2 Å². The first kappa shape index (κ1) is 21.4. The van der Waals surface area contributed by atoms with Gasteiger partial charge >= 0.3 is 0 Å². The number of hydrogen-bond donors (Lipinski definition) is 3. The zero-order valence-electron chi connectivity index (χ0n) is 15.5. The Morgan fingerprint density at radius 2 is 1.68 bits per heavy atom. The van der Waals surface area contributed by atoms with E-state index < -0.39 is 11.8 Å². The average molecular weight is 448 g/mol. The first-order valence-electron chi connectivity index (χ1n) is 8.81. The Morgan fingerprint density at radius 3 is 2.39 bits per heavy atom. The lowest BCUT2D eigenvalue weighted by atomic mass is 10.2. The molecule has 7 nitrogen and oxygen atoms in total. The molecule has 3 N–H and O–H groups in total. The van der Waals surface area contributed by atoms with Crippen molar-refractivity contribution in [1.82, 2.24) is 16.2 Å². The predicted octanol–water partition coefficient (Wildman–Crippen LogP) is 2.71. The first-order valence-corrected chi connectivity index (χ1v) is 9.61. The van der Waals surface area contributed by atoms with E-state index in [0.29, 0.717) is 23.4 Å². The van der Waals surface area contributed by atoms with E-state index in [4.69, 9.17) is 4.74 Å². The van der Waals surface area contributed by atoms with Crippen molar-refractivity contribution in [2.45, 2.75) is 26.3 Å². The molecule has 148 valence electrons. The fourth-order valence-electron chi connectivity index (χ4n) is 2.33. The number of ether oxygens (including phenoxy) is 1. The van der Waals surface area contributed by atoms with Gasteiger partial charge in [-0.2, -0.15) is 0 Å². The van der Waals surface area contributed by atoms with Crippen LogP contribution in [-0.2, 0) is 16.1 Å². The fourth-order valence-corrected chi connectivity index (χ4v) is 2.69. The quantitative estimate of drug-likeness (QED) is 0.541. The molecular weight excluding hydrogens is 426 g/mol. The number of carbonyl (C=O) groups excluding carboxylic acids is 3. The van der Waals surface area contributed by atoms with Crippen molar-refractivity contribution in [3.8, 4) is 5.75 Å². The van der Waals surface area contributed by atoms with Crippen LogP contribution < -0.4 is 20.9 Å². The van der Waals surface area contributed by atoms with E-state index in [9.17, 15) is 14.4 Å². The second kappa shape index (κ2) is 11.1. The van der Waals surface area contributed by atoms with Crippen LogP contribution >= 0.6 is 15.9 Å². The molecule has 0 heterocycles. The van der Waals surface area contributed by atoms with Crippen LogP contribution in [0.5, 0.6) is 5.75 Å². The van der Waals surface area contributed by atoms with Crippen molar-refractivity contribution >= 4 is 33.7 Å². The zero-order valence-corrected chi connectivity index (χ0v) is 17.0. The molecule has 0 aliphatic rings. The molecule has 0 atom stereocenters. The van der Waals surface area contributed by atoms with E-state index in [2.05, 4.69) is 32.1 Å². The van der Waals surface area contributed by atoms with Gasteiger partial charge in [0.15, 0.2) is 0 Å². The number of halogens is 1. The van der Waals surface area contributed by atoms with Gasteiger partial charge in [-0.05, 0) is 30.7 Å². The normalized spacial score (nSPS) is 10.1. The molecule has 0 bridgehead atoms. The third-order valence-electron chi connectivity index (χ3n) is 3.71. The van der Waals surface area contributed by atoms with Crippen LogP contribution in [0.15, 0.2) is 53.0 Å². The van der Waals surface area contributed by atoms with Gasteiger partial charge in [-0.25, -0.2) is 0 Å². The third kappa shape index (κ3) is 7.03. The van der Waals surface area contributed by atoms with Gasteiger partial charge in [0.2, 0.25) is 11.8 Å². The highest BCUT2D eigenvalue weighted by Gasteiger charge is 2.14. The number of carbonyl (C=O) groups is 3. The first-order chi connectivity index (χ1) is 13.5. The number of hydrazine groups is 1. The number of rotatable bonds is 8. The average Bonchev–Trinajstić information content (AvgIpc) is 2.71. The Labute approximate surface area is 171 Å². The van der Waals surface area contributed by atoms with Gasteiger partial charge < -0.3 is 10.1 Å². The molecular formula is C20H22BrN3O4. The summed E-state index contributed by atoms with van der Waals surface area (Å²) in [5.74, 6) is -0.795. The lowest BCUT2D eigenvalue weighted by Gasteiger charge is -2.12. The summed E-state index contributed by atoms with van der Waals surface area (Å²) in [6.07, 6.45) is -0.0205. The number of benzene rings is 2. The summed E-state index contributed by atoms with van der Waals surface area (Å²) in [4.78, 5) is 36.0. The molecule has 2 rings (SSSR count). The summed E-state index contributed by atoms with van der Waals surface area (Å²) in [7, 11) is 0. The van der Waals surface area contributed by atoms with Gasteiger partial charge in [-0.3, -0.25) is 25.2 Å². The van der Waals surface area contributed by atoms with Crippen LogP contribution in [0, 0.1) is 0 Å². The summed E-state index contributed by atoms with van der Waals surface area (Å²) >= 11 is 3.30. The maximum absolute atomic E-state index is 12.3. The molecule has 2 aromatic carbocycles. The van der Waals surface area contributed by atoms with Crippen molar-refractivity contribution in [2.24, 2.45) is 0 Å². The van der Waals surface area contributed by atoms with Crippen molar-refractivity contribution in [3.05, 3.63) is 64.1 Å². The van der Waals surface area contributed by atoms with Crippen molar-refractivity contribution < 1.29 is 19.1 Å². The van der Waals surface area contributed by atoms with Crippen LogP contribution in [0.25, 0.3) is 0 Å². The molecule has 0 aliphatic carbocycles. The Kier molecular flexibility index (Phi) is 8.48. The summed E-state index contributed by atoms with van der Waals surface area (Å²) in [5.41, 5.74) is 5.91. The van der Waals surface area contributed by atoms with Crippen LogP contribution in [0.2, 0.25) is 0 Å².